The lowest BCUT2D eigenvalue weighted by atomic mass is 10.1. The maximum Gasteiger partial charge on any atom is 0.305 e. The number of fused-ring (bicyclic) bond motifs is 1. The van der Waals surface area contributed by atoms with Crippen LogP contribution in [0.4, 0.5) is 0 Å². The van der Waals surface area contributed by atoms with Crippen molar-refractivity contribution in [2.75, 3.05) is 13.7 Å². The second-order valence-corrected chi connectivity index (χ2v) is 4.24. The van der Waals surface area contributed by atoms with Crippen LogP contribution in [-0.2, 0) is 16.1 Å². The van der Waals surface area contributed by atoms with Crippen molar-refractivity contribution in [2.45, 2.75) is 13.0 Å². The molecule has 0 spiro atoms. The molecular formula is C15H16O4. The zero-order chi connectivity index (χ0) is 13.7. The quantitative estimate of drug-likeness (QED) is 0.811. The van der Waals surface area contributed by atoms with E-state index in [0.717, 1.165) is 22.1 Å². The van der Waals surface area contributed by atoms with E-state index in [9.17, 15) is 4.79 Å². The highest BCUT2D eigenvalue weighted by Gasteiger charge is 2.00. The van der Waals surface area contributed by atoms with E-state index in [4.69, 9.17) is 14.6 Å². The summed E-state index contributed by atoms with van der Waals surface area (Å²) in [6.07, 6.45) is 0.0325. The maximum absolute atomic E-state index is 10.4. The Bertz CT molecular complexity index is 577. The molecule has 4 heteroatoms. The molecule has 0 bridgehead atoms. The number of hydrogen-bond donors (Lipinski definition) is 1. The minimum absolute atomic E-state index is 0.0325. The zero-order valence-corrected chi connectivity index (χ0v) is 10.8. The molecule has 0 saturated heterocycles. The largest absolute Gasteiger partial charge is 0.497 e. The van der Waals surface area contributed by atoms with Gasteiger partial charge in [0.05, 0.1) is 26.7 Å². The van der Waals surface area contributed by atoms with Gasteiger partial charge in [-0.25, -0.2) is 0 Å². The number of carboxylic acid groups (broad SMARTS) is 1. The molecule has 0 amide bonds. The van der Waals surface area contributed by atoms with Crippen LogP contribution in [0.3, 0.4) is 0 Å². The molecular weight excluding hydrogens is 244 g/mol. The number of aliphatic carboxylic acids is 1. The Balaban J connectivity index is 2.03. The molecule has 4 nitrogen and oxygen atoms in total. The summed E-state index contributed by atoms with van der Waals surface area (Å²) >= 11 is 0. The van der Waals surface area contributed by atoms with Crippen molar-refractivity contribution in [2.24, 2.45) is 0 Å². The molecule has 0 aliphatic rings. The summed E-state index contributed by atoms with van der Waals surface area (Å²) < 4.78 is 10.5. The fourth-order valence-electron chi connectivity index (χ4n) is 1.84. The molecule has 2 aromatic rings. The van der Waals surface area contributed by atoms with Gasteiger partial charge in [0, 0.05) is 0 Å². The smallest absolute Gasteiger partial charge is 0.305 e. The van der Waals surface area contributed by atoms with E-state index in [1.165, 1.54) is 0 Å². The number of rotatable bonds is 6. The Kier molecular flexibility index (Phi) is 4.36. The highest BCUT2D eigenvalue weighted by molar-refractivity contribution is 5.84. The molecule has 0 aliphatic carbocycles. The molecule has 0 fully saturated rings. The molecule has 19 heavy (non-hydrogen) atoms. The first kappa shape index (κ1) is 13.4. The van der Waals surface area contributed by atoms with Crippen LogP contribution in [0.15, 0.2) is 36.4 Å². The van der Waals surface area contributed by atoms with Crippen LogP contribution in [0.25, 0.3) is 10.8 Å². The molecule has 2 aromatic carbocycles. The molecule has 0 atom stereocenters. The summed E-state index contributed by atoms with van der Waals surface area (Å²) in [5.41, 5.74) is 1.03. The van der Waals surface area contributed by atoms with Gasteiger partial charge in [-0.05, 0) is 34.5 Å². The topological polar surface area (TPSA) is 55.8 Å². The number of carbonyl (C=O) groups is 1. The van der Waals surface area contributed by atoms with Gasteiger partial charge in [0.25, 0.3) is 0 Å². The molecule has 100 valence electrons. The first-order valence-corrected chi connectivity index (χ1v) is 6.05. The van der Waals surface area contributed by atoms with Gasteiger partial charge in [-0.3, -0.25) is 4.79 Å². The van der Waals surface area contributed by atoms with Gasteiger partial charge in [-0.2, -0.15) is 0 Å². The standard InChI is InChI=1S/C15H16O4/c1-18-14-5-4-12-8-11(2-3-13(12)9-14)10-19-7-6-15(16)17/h2-5,8-9H,6-7,10H2,1H3,(H,16,17). The lowest BCUT2D eigenvalue weighted by Gasteiger charge is -2.06. The Hall–Kier alpha value is -2.07. The molecule has 0 saturated carbocycles. The van der Waals surface area contributed by atoms with Gasteiger partial charge in [0.1, 0.15) is 5.75 Å². The normalized spacial score (nSPS) is 10.6. The van der Waals surface area contributed by atoms with E-state index < -0.39 is 5.97 Å². The van der Waals surface area contributed by atoms with Crippen LogP contribution < -0.4 is 4.74 Å². The average Bonchev–Trinajstić information content (AvgIpc) is 2.42. The van der Waals surface area contributed by atoms with Crippen molar-refractivity contribution in [3.05, 3.63) is 42.0 Å². The maximum atomic E-state index is 10.4. The lowest BCUT2D eigenvalue weighted by molar-refractivity contribution is -0.138. The highest BCUT2D eigenvalue weighted by Crippen LogP contribution is 2.22. The second kappa shape index (κ2) is 6.20. The molecule has 0 heterocycles. The number of carboxylic acids is 1. The Labute approximate surface area is 111 Å². The predicted octanol–water partition coefficient (Wildman–Crippen LogP) is 2.84. The van der Waals surface area contributed by atoms with Crippen molar-refractivity contribution in [3.63, 3.8) is 0 Å². The Morgan fingerprint density at radius 2 is 1.89 bits per heavy atom. The molecule has 0 unspecified atom stereocenters. The number of benzene rings is 2. The SMILES string of the molecule is COc1ccc2cc(COCCC(=O)O)ccc2c1. The first-order valence-electron chi connectivity index (χ1n) is 6.05. The van der Waals surface area contributed by atoms with Crippen LogP contribution in [0, 0.1) is 0 Å². The fraction of sp³-hybridized carbons (Fsp3) is 0.267. The number of methoxy groups -OCH3 is 1. The van der Waals surface area contributed by atoms with Crippen LogP contribution >= 0.6 is 0 Å². The van der Waals surface area contributed by atoms with E-state index >= 15 is 0 Å². The summed E-state index contributed by atoms with van der Waals surface area (Å²) in [5.74, 6) is -0.0106. The first-order chi connectivity index (χ1) is 9.19. The fourth-order valence-corrected chi connectivity index (χ4v) is 1.84. The van der Waals surface area contributed by atoms with Crippen molar-refractivity contribution in [1.29, 1.82) is 0 Å². The minimum Gasteiger partial charge on any atom is -0.497 e. The van der Waals surface area contributed by atoms with E-state index in [0.29, 0.717) is 6.61 Å². The Morgan fingerprint density at radius 1 is 1.16 bits per heavy atom. The third kappa shape index (κ3) is 3.69. The third-order valence-electron chi connectivity index (χ3n) is 2.84. The van der Waals surface area contributed by atoms with Gasteiger partial charge >= 0.3 is 5.97 Å². The van der Waals surface area contributed by atoms with Crippen LogP contribution in [0.5, 0.6) is 5.75 Å². The van der Waals surface area contributed by atoms with E-state index in [1.807, 2.05) is 36.4 Å². The third-order valence-corrected chi connectivity index (χ3v) is 2.84. The van der Waals surface area contributed by atoms with Gasteiger partial charge in [0.2, 0.25) is 0 Å². The molecule has 1 N–H and O–H groups in total. The molecule has 0 aliphatic heterocycles. The predicted molar refractivity (Wildman–Crippen MR) is 72.4 cm³/mol. The second-order valence-electron chi connectivity index (χ2n) is 4.24. The molecule has 2 rings (SSSR count). The van der Waals surface area contributed by atoms with E-state index in [1.54, 1.807) is 7.11 Å². The van der Waals surface area contributed by atoms with Crippen LogP contribution in [-0.4, -0.2) is 24.8 Å². The molecule has 0 radical (unpaired) electrons. The van der Waals surface area contributed by atoms with Gasteiger partial charge in [0.15, 0.2) is 0 Å². The van der Waals surface area contributed by atoms with Crippen LogP contribution in [0.1, 0.15) is 12.0 Å². The van der Waals surface area contributed by atoms with Gasteiger partial charge < -0.3 is 14.6 Å². The zero-order valence-electron chi connectivity index (χ0n) is 10.8. The number of ether oxygens (including phenoxy) is 2. The minimum atomic E-state index is -0.842. The summed E-state index contributed by atoms with van der Waals surface area (Å²) in [6, 6.07) is 11.9. The molecule has 0 aromatic heterocycles. The van der Waals surface area contributed by atoms with Gasteiger partial charge in [-0.1, -0.05) is 18.2 Å². The summed E-state index contributed by atoms with van der Waals surface area (Å²) in [7, 11) is 1.64. The summed E-state index contributed by atoms with van der Waals surface area (Å²) in [4.78, 5) is 10.4. The van der Waals surface area contributed by atoms with E-state index in [-0.39, 0.29) is 13.0 Å². The Morgan fingerprint density at radius 3 is 2.63 bits per heavy atom. The average molecular weight is 260 g/mol. The summed E-state index contributed by atoms with van der Waals surface area (Å²) in [6.45, 7) is 0.658. The highest BCUT2D eigenvalue weighted by atomic mass is 16.5. The van der Waals surface area contributed by atoms with Crippen molar-refractivity contribution >= 4 is 16.7 Å². The van der Waals surface area contributed by atoms with Crippen molar-refractivity contribution < 1.29 is 19.4 Å². The summed E-state index contributed by atoms with van der Waals surface area (Å²) in [5, 5.41) is 10.7. The van der Waals surface area contributed by atoms with E-state index in [2.05, 4.69) is 0 Å². The van der Waals surface area contributed by atoms with Crippen LogP contribution in [0.2, 0.25) is 0 Å². The lowest BCUT2D eigenvalue weighted by Crippen LogP contribution is -2.02. The van der Waals surface area contributed by atoms with Crippen molar-refractivity contribution in [1.82, 2.24) is 0 Å². The van der Waals surface area contributed by atoms with Crippen molar-refractivity contribution in [3.8, 4) is 5.75 Å². The number of hydrogen-bond acceptors (Lipinski definition) is 3. The van der Waals surface area contributed by atoms with Gasteiger partial charge in [-0.15, -0.1) is 0 Å². The monoisotopic (exact) mass is 260 g/mol.